The smallest absolute Gasteiger partial charge is 0.325 e. The van der Waals surface area contributed by atoms with E-state index in [1.165, 1.54) is 0 Å². The van der Waals surface area contributed by atoms with Crippen LogP contribution in [0.5, 0.6) is 0 Å². The Bertz CT molecular complexity index is 818. The third-order valence-corrected chi connectivity index (χ3v) is 4.82. The molecule has 0 radical (unpaired) electrons. The molecule has 0 spiro atoms. The molecule has 4 rings (SSSR count). The van der Waals surface area contributed by atoms with Crippen LogP contribution in [-0.4, -0.2) is 51.2 Å². The van der Waals surface area contributed by atoms with Gasteiger partial charge in [0.2, 0.25) is 5.95 Å². The molecule has 1 aromatic carbocycles. The summed E-state index contributed by atoms with van der Waals surface area (Å²) in [6, 6.07) is 8.81. The zero-order valence-electron chi connectivity index (χ0n) is 14.2. The Balaban J connectivity index is 1.85. The molecule has 3 amide bonds. The van der Waals surface area contributed by atoms with Gasteiger partial charge in [-0.05, 0) is 6.42 Å². The summed E-state index contributed by atoms with van der Waals surface area (Å²) in [6.45, 7) is 2.80. The first kappa shape index (κ1) is 15.6. The van der Waals surface area contributed by atoms with Gasteiger partial charge in [-0.1, -0.05) is 43.7 Å². The second-order valence-corrected chi connectivity index (χ2v) is 6.37. The maximum Gasteiger partial charge on any atom is 0.325 e. The number of anilines is 1. The predicted octanol–water partition coefficient (Wildman–Crippen LogP) is 1.61. The third-order valence-electron chi connectivity index (χ3n) is 4.82. The molecule has 1 fully saturated rings. The van der Waals surface area contributed by atoms with Gasteiger partial charge in [-0.15, -0.1) is 10.2 Å². The summed E-state index contributed by atoms with van der Waals surface area (Å²) in [6.07, 6.45) is 1.49. The number of nitrogens with zero attached hydrogens (tertiary/aromatic N) is 5. The van der Waals surface area contributed by atoms with Gasteiger partial charge in [-0.3, -0.25) is 14.7 Å². The summed E-state index contributed by atoms with van der Waals surface area (Å²) in [7, 11) is 1.70. The van der Waals surface area contributed by atoms with Crippen LogP contribution in [0.3, 0.4) is 0 Å². The van der Waals surface area contributed by atoms with Gasteiger partial charge >= 0.3 is 6.03 Å². The molecule has 0 bridgehead atoms. The first-order valence-corrected chi connectivity index (χ1v) is 8.48. The van der Waals surface area contributed by atoms with Crippen molar-refractivity contribution < 1.29 is 9.59 Å². The Hall–Kier alpha value is -2.90. The zero-order valence-corrected chi connectivity index (χ0v) is 14.2. The molecule has 8 heteroatoms. The van der Waals surface area contributed by atoms with Crippen LogP contribution >= 0.6 is 0 Å². The van der Waals surface area contributed by atoms with Crippen LogP contribution in [0.4, 0.5) is 10.7 Å². The van der Waals surface area contributed by atoms with Gasteiger partial charge in [-0.2, -0.15) is 0 Å². The fourth-order valence-corrected chi connectivity index (χ4v) is 3.55. The number of amides is 3. The molecule has 1 N–H and O–H groups in total. The van der Waals surface area contributed by atoms with E-state index in [2.05, 4.69) is 22.4 Å². The number of carbonyl (C=O) groups excluding carboxylic acids is 2. The number of urea groups is 1. The average molecular weight is 340 g/mol. The van der Waals surface area contributed by atoms with E-state index < -0.39 is 18.2 Å². The van der Waals surface area contributed by atoms with Crippen molar-refractivity contribution >= 4 is 17.9 Å². The van der Waals surface area contributed by atoms with Crippen LogP contribution in [0.15, 0.2) is 30.3 Å². The lowest BCUT2D eigenvalue weighted by Crippen LogP contribution is -2.61. The number of hydrogen-bond acceptors (Lipinski definition) is 5. The van der Waals surface area contributed by atoms with Crippen molar-refractivity contribution in [3.05, 3.63) is 30.3 Å². The lowest BCUT2D eigenvalue weighted by molar-refractivity contribution is -0.124. The zero-order chi connectivity index (χ0) is 17.6. The molecule has 0 aliphatic carbocycles. The van der Waals surface area contributed by atoms with Crippen LogP contribution in [0.2, 0.25) is 0 Å². The third kappa shape index (κ3) is 2.28. The quantitative estimate of drug-likeness (QED) is 0.914. The van der Waals surface area contributed by atoms with E-state index in [4.69, 9.17) is 0 Å². The van der Waals surface area contributed by atoms with Gasteiger partial charge in [0.25, 0.3) is 5.91 Å². The molecule has 3 heterocycles. The second kappa shape index (κ2) is 5.87. The monoisotopic (exact) mass is 340 g/mol. The minimum atomic E-state index is -0.484. The molecule has 2 atom stereocenters. The summed E-state index contributed by atoms with van der Waals surface area (Å²) in [4.78, 5) is 28.2. The predicted molar refractivity (Wildman–Crippen MR) is 91.8 cm³/mol. The Labute approximate surface area is 145 Å². The number of carbonyl (C=O) groups is 2. The molecule has 2 aliphatic heterocycles. The fourth-order valence-electron chi connectivity index (χ4n) is 3.55. The number of fused-ring (bicyclic) bond motifs is 3. The van der Waals surface area contributed by atoms with Gasteiger partial charge in [-0.25, -0.2) is 4.79 Å². The number of benzene rings is 1. The minimum Gasteiger partial charge on any atom is -0.325 e. The highest BCUT2D eigenvalue weighted by molar-refractivity contribution is 6.02. The number of likely N-dealkylation sites (N-methyl/N-ethyl adjacent to an activating group) is 1. The SMILES string of the molecule is CCCCN1c2nnc(-c3ccccc3)n2C2C1C(=O)NC(=O)N2C. The van der Waals surface area contributed by atoms with Crippen molar-refractivity contribution in [3.63, 3.8) is 0 Å². The number of hydrogen-bond donors (Lipinski definition) is 1. The minimum absolute atomic E-state index is 0.284. The summed E-state index contributed by atoms with van der Waals surface area (Å²) in [5, 5.41) is 11.1. The van der Waals surface area contributed by atoms with Gasteiger partial charge in [0.15, 0.2) is 11.9 Å². The molecule has 2 unspecified atom stereocenters. The topological polar surface area (TPSA) is 83.4 Å². The highest BCUT2D eigenvalue weighted by Gasteiger charge is 2.52. The van der Waals surface area contributed by atoms with Crippen molar-refractivity contribution in [2.75, 3.05) is 18.5 Å². The number of rotatable bonds is 4. The molecule has 8 nitrogen and oxygen atoms in total. The van der Waals surface area contributed by atoms with E-state index >= 15 is 0 Å². The Kier molecular flexibility index (Phi) is 3.67. The summed E-state index contributed by atoms with van der Waals surface area (Å²) < 4.78 is 1.91. The molecular formula is C17H20N6O2. The largest absolute Gasteiger partial charge is 0.325 e. The molecular weight excluding hydrogens is 320 g/mol. The van der Waals surface area contributed by atoms with E-state index in [9.17, 15) is 9.59 Å². The van der Waals surface area contributed by atoms with Crippen molar-refractivity contribution in [3.8, 4) is 11.4 Å². The van der Waals surface area contributed by atoms with Crippen molar-refractivity contribution in [1.29, 1.82) is 0 Å². The van der Waals surface area contributed by atoms with E-state index in [1.807, 2.05) is 39.8 Å². The van der Waals surface area contributed by atoms with E-state index in [-0.39, 0.29) is 5.91 Å². The van der Waals surface area contributed by atoms with Crippen LogP contribution < -0.4 is 10.2 Å². The maximum absolute atomic E-state index is 12.6. The summed E-state index contributed by atoms with van der Waals surface area (Å²) in [5.74, 6) is 1.02. The highest BCUT2D eigenvalue weighted by atomic mass is 16.2. The van der Waals surface area contributed by atoms with E-state index in [0.29, 0.717) is 18.3 Å². The molecule has 1 saturated heterocycles. The molecule has 0 saturated carbocycles. The van der Waals surface area contributed by atoms with Crippen LogP contribution in [0, 0.1) is 0 Å². The van der Waals surface area contributed by atoms with Crippen LogP contribution in [0.25, 0.3) is 11.4 Å². The van der Waals surface area contributed by atoms with Crippen LogP contribution in [0.1, 0.15) is 25.9 Å². The van der Waals surface area contributed by atoms with Crippen molar-refractivity contribution in [2.45, 2.75) is 32.0 Å². The summed E-state index contributed by atoms with van der Waals surface area (Å²) in [5.41, 5.74) is 0.907. The lowest BCUT2D eigenvalue weighted by Gasteiger charge is -2.37. The molecule has 1 aromatic heterocycles. The fraction of sp³-hybridized carbons (Fsp3) is 0.412. The lowest BCUT2D eigenvalue weighted by atomic mass is 10.1. The Morgan fingerprint density at radius 1 is 1.16 bits per heavy atom. The normalized spacial score (nSPS) is 22.0. The van der Waals surface area contributed by atoms with Crippen molar-refractivity contribution in [1.82, 2.24) is 25.0 Å². The standard InChI is InChI=1S/C17H20N6O2/c1-3-4-10-22-12-14(24)18-17(25)21(2)15(12)23-13(19-20-16(22)23)11-8-6-5-7-9-11/h5-9,12,15H,3-4,10H2,1-2H3,(H,18,24,25). The highest BCUT2D eigenvalue weighted by Crippen LogP contribution is 2.40. The van der Waals surface area contributed by atoms with Crippen LogP contribution in [-0.2, 0) is 4.79 Å². The first-order valence-electron chi connectivity index (χ1n) is 8.48. The van der Waals surface area contributed by atoms with E-state index in [0.717, 1.165) is 18.4 Å². The van der Waals surface area contributed by atoms with Gasteiger partial charge in [0.1, 0.15) is 6.17 Å². The number of unbranched alkanes of at least 4 members (excludes halogenated alkanes) is 1. The molecule has 25 heavy (non-hydrogen) atoms. The summed E-state index contributed by atoms with van der Waals surface area (Å²) >= 11 is 0. The van der Waals surface area contributed by atoms with Gasteiger partial charge in [0, 0.05) is 19.2 Å². The average Bonchev–Trinajstić information content (AvgIpc) is 3.17. The maximum atomic E-state index is 12.6. The number of imide groups is 1. The van der Waals surface area contributed by atoms with Gasteiger partial charge in [0.05, 0.1) is 0 Å². The van der Waals surface area contributed by atoms with E-state index in [1.54, 1.807) is 11.9 Å². The molecule has 2 aliphatic rings. The Morgan fingerprint density at radius 3 is 2.64 bits per heavy atom. The van der Waals surface area contributed by atoms with Gasteiger partial charge < -0.3 is 9.80 Å². The number of nitrogens with one attached hydrogen (secondary N) is 1. The number of aromatic nitrogens is 3. The second-order valence-electron chi connectivity index (χ2n) is 6.37. The molecule has 130 valence electrons. The Morgan fingerprint density at radius 2 is 1.92 bits per heavy atom. The first-order chi connectivity index (χ1) is 12.1. The van der Waals surface area contributed by atoms with Crippen molar-refractivity contribution in [2.24, 2.45) is 0 Å². The molecule has 2 aromatic rings.